The van der Waals surface area contributed by atoms with Crippen molar-refractivity contribution in [2.75, 3.05) is 19.6 Å². The first-order valence-corrected chi connectivity index (χ1v) is 11.9. The van der Waals surface area contributed by atoms with E-state index in [-0.39, 0.29) is 17.9 Å². The van der Waals surface area contributed by atoms with Crippen LogP contribution in [-0.4, -0.2) is 56.8 Å². The molecule has 6 heteroatoms. The summed E-state index contributed by atoms with van der Waals surface area (Å²) in [6, 6.07) is 18.4. The molecule has 3 aromatic rings. The standard InChI is InChI=1S/C27H30N4O2/c32-26-12-11-24-19-30(17-13-25(24)31(26)16-4-15-29-18-14-28-20-29)27(33)23-9-7-22(8-10-23)21-5-2-1-3-6-21/h1-3,5-10,14,18,20,24-25H,4,11-13,15-17,19H2/t24-,25+/m1/s1. The Morgan fingerprint density at radius 3 is 2.52 bits per heavy atom. The largest absolute Gasteiger partial charge is 0.339 e. The molecule has 33 heavy (non-hydrogen) atoms. The average Bonchev–Trinajstić information content (AvgIpc) is 3.39. The Balaban J connectivity index is 1.20. The van der Waals surface area contributed by atoms with Crippen LogP contribution in [0.2, 0.25) is 0 Å². The molecule has 5 rings (SSSR count). The fourth-order valence-corrected chi connectivity index (χ4v) is 5.29. The second-order valence-electron chi connectivity index (χ2n) is 9.09. The Kier molecular flexibility index (Phi) is 6.24. The van der Waals surface area contributed by atoms with Gasteiger partial charge in [0.05, 0.1) is 6.33 Å². The van der Waals surface area contributed by atoms with Crippen molar-refractivity contribution >= 4 is 11.8 Å². The fraction of sp³-hybridized carbons (Fsp3) is 0.370. The maximum Gasteiger partial charge on any atom is 0.253 e. The predicted octanol–water partition coefficient (Wildman–Crippen LogP) is 4.09. The summed E-state index contributed by atoms with van der Waals surface area (Å²) in [6.45, 7) is 3.07. The summed E-state index contributed by atoms with van der Waals surface area (Å²) in [5, 5.41) is 0. The molecule has 0 aliphatic carbocycles. The highest BCUT2D eigenvalue weighted by atomic mass is 16.2. The van der Waals surface area contributed by atoms with Crippen LogP contribution in [0.3, 0.4) is 0 Å². The lowest BCUT2D eigenvalue weighted by molar-refractivity contribution is -0.140. The van der Waals surface area contributed by atoms with Gasteiger partial charge in [0.15, 0.2) is 0 Å². The summed E-state index contributed by atoms with van der Waals surface area (Å²) in [7, 11) is 0. The molecule has 2 fully saturated rings. The van der Waals surface area contributed by atoms with Gasteiger partial charge in [-0.25, -0.2) is 4.98 Å². The SMILES string of the molecule is O=C(c1ccc(-c2ccccc2)cc1)N1CC[C@H]2[C@H](CCC(=O)N2CCCn2ccnc2)C1. The third kappa shape index (κ3) is 4.70. The van der Waals surface area contributed by atoms with Gasteiger partial charge in [0.1, 0.15) is 0 Å². The minimum absolute atomic E-state index is 0.0941. The van der Waals surface area contributed by atoms with Gasteiger partial charge in [-0.1, -0.05) is 42.5 Å². The van der Waals surface area contributed by atoms with Gasteiger partial charge in [0.25, 0.3) is 5.91 Å². The molecule has 3 heterocycles. The maximum atomic E-state index is 13.2. The molecule has 1 aromatic heterocycles. The summed E-state index contributed by atoms with van der Waals surface area (Å²) < 4.78 is 2.05. The third-order valence-electron chi connectivity index (χ3n) is 7.04. The molecule has 6 nitrogen and oxygen atoms in total. The van der Waals surface area contributed by atoms with Gasteiger partial charge in [-0.05, 0) is 48.4 Å². The van der Waals surface area contributed by atoms with Gasteiger partial charge < -0.3 is 14.4 Å². The van der Waals surface area contributed by atoms with E-state index in [2.05, 4.69) is 26.6 Å². The maximum absolute atomic E-state index is 13.2. The lowest BCUT2D eigenvalue weighted by atomic mass is 9.83. The van der Waals surface area contributed by atoms with E-state index < -0.39 is 0 Å². The topological polar surface area (TPSA) is 58.4 Å². The van der Waals surface area contributed by atoms with E-state index in [1.807, 2.05) is 59.9 Å². The first-order valence-electron chi connectivity index (χ1n) is 11.9. The molecule has 2 atom stereocenters. The monoisotopic (exact) mass is 442 g/mol. The van der Waals surface area contributed by atoms with Gasteiger partial charge >= 0.3 is 0 Å². The summed E-state index contributed by atoms with van der Waals surface area (Å²) in [5.74, 6) is 0.715. The predicted molar refractivity (Wildman–Crippen MR) is 127 cm³/mol. The van der Waals surface area contributed by atoms with Crippen LogP contribution in [0.5, 0.6) is 0 Å². The minimum Gasteiger partial charge on any atom is -0.339 e. The second-order valence-corrected chi connectivity index (χ2v) is 9.09. The van der Waals surface area contributed by atoms with Crippen molar-refractivity contribution in [2.45, 2.75) is 38.3 Å². The van der Waals surface area contributed by atoms with Crippen molar-refractivity contribution in [3.05, 3.63) is 78.9 Å². The number of aryl methyl sites for hydroxylation is 1. The van der Waals surface area contributed by atoms with Crippen molar-refractivity contribution < 1.29 is 9.59 Å². The third-order valence-corrected chi connectivity index (χ3v) is 7.04. The summed E-state index contributed by atoms with van der Waals surface area (Å²) in [4.78, 5) is 34.0. The molecule has 0 unspecified atom stereocenters. The van der Waals surface area contributed by atoms with Crippen molar-refractivity contribution in [2.24, 2.45) is 5.92 Å². The molecule has 0 saturated carbocycles. The fourth-order valence-electron chi connectivity index (χ4n) is 5.29. The van der Waals surface area contributed by atoms with Gasteiger partial charge in [0.2, 0.25) is 5.91 Å². The smallest absolute Gasteiger partial charge is 0.253 e. The van der Waals surface area contributed by atoms with Crippen LogP contribution in [0.1, 0.15) is 36.0 Å². The lowest BCUT2D eigenvalue weighted by Gasteiger charge is -2.47. The number of imidazole rings is 1. The molecule has 0 spiro atoms. The first kappa shape index (κ1) is 21.4. The Labute approximate surface area is 194 Å². The van der Waals surface area contributed by atoms with Crippen molar-refractivity contribution in [3.8, 4) is 11.1 Å². The number of fused-ring (bicyclic) bond motifs is 1. The number of carbonyl (C=O) groups excluding carboxylic acids is 2. The zero-order valence-corrected chi connectivity index (χ0v) is 18.8. The zero-order chi connectivity index (χ0) is 22.6. The van der Waals surface area contributed by atoms with Crippen LogP contribution in [-0.2, 0) is 11.3 Å². The number of hydrogen-bond acceptors (Lipinski definition) is 3. The highest BCUT2D eigenvalue weighted by Crippen LogP contribution is 2.32. The molecule has 2 aliphatic heterocycles. The molecular weight excluding hydrogens is 412 g/mol. The molecule has 0 bridgehead atoms. The molecule has 0 N–H and O–H groups in total. The van der Waals surface area contributed by atoms with Crippen LogP contribution in [0.15, 0.2) is 73.3 Å². The molecule has 2 saturated heterocycles. The summed E-state index contributed by atoms with van der Waals surface area (Å²) in [5.41, 5.74) is 3.00. The number of aromatic nitrogens is 2. The molecular formula is C27H30N4O2. The van der Waals surface area contributed by atoms with Crippen LogP contribution < -0.4 is 0 Å². The summed E-state index contributed by atoms with van der Waals surface area (Å²) >= 11 is 0. The van der Waals surface area contributed by atoms with E-state index in [0.717, 1.165) is 55.6 Å². The van der Waals surface area contributed by atoms with Crippen LogP contribution in [0.4, 0.5) is 0 Å². The van der Waals surface area contributed by atoms with Crippen LogP contribution >= 0.6 is 0 Å². The van der Waals surface area contributed by atoms with E-state index in [4.69, 9.17) is 0 Å². The Hall–Kier alpha value is -3.41. The van der Waals surface area contributed by atoms with E-state index in [1.165, 1.54) is 0 Å². The summed E-state index contributed by atoms with van der Waals surface area (Å²) in [6.07, 6.45) is 8.79. The minimum atomic E-state index is 0.0941. The van der Waals surface area contributed by atoms with Crippen molar-refractivity contribution in [3.63, 3.8) is 0 Å². The Bertz CT molecular complexity index is 1080. The van der Waals surface area contributed by atoms with Crippen LogP contribution in [0.25, 0.3) is 11.1 Å². The number of piperidine rings is 2. The van der Waals surface area contributed by atoms with Crippen molar-refractivity contribution in [1.82, 2.24) is 19.4 Å². The normalized spacial score (nSPS) is 20.5. The molecule has 2 aromatic carbocycles. The molecule has 2 aliphatic rings. The quantitative estimate of drug-likeness (QED) is 0.578. The van der Waals surface area contributed by atoms with Gasteiger partial charge in [-0.3, -0.25) is 9.59 Å². The zero-order valence-electron chi connectivity index (χ0n) is 18.8. The Morgan fingerprint density at radius 1 is 0.970 bits per heavy atom. The number of benzene rings is 2. The number of likely N-dealkylation sites (tertiary alicyclic amines) is 2. The van der Waals surface area contributed by atoms with E-state index in [0.29, 0.717) is 18.9 Å². The number of nitrogens with zero attached hydrogens (tertiary/aromatic N) is 4. The molecule has 2 amide bonds. The second kappa shape index (κ2) is 9.61. The number of amides is 2. The van der Waals surface area contributed by atoms with Gasteiger partial charge in [0, 0.05) is 56.6 Å². The number of hydrogen-bond donors (Lipinski definition) is 0. The van der Waals surface area contributed by atoms with Crippen molar-refractivity contribution in [1.29, 1.82) is 0 Å². The van der Waals surface area contributed by atoms with Crippen LogP contribution in [0, 0.1) is 5.92 Å². The lowest BCUT2D eigenvalue weighted by Crippen LogP contribution is -2.57. The Morgan fingerprint density at radius 2 is 1.76 bits per heavy atom. The number of carbonyl (C=O) groups is 2. The average molecular weight is 443 g/mol. The van der Waals surface area contributed by atoms with E-state index in [9.17, 15) is 9.59 Å². The highest BCUT2D eigenvalue weighted by molar-refractivity contribution is 5.95. The molecule has 0 radical (unpaired) electrons. The first-order chi connectivity index (χ1) is 16.2. The number of rotatable bonds is 6. The van der Waals surface area contributed by atoms with Gasteiger partial charge in [-0.2, -0.15) is 0 Å². The van der Waals surface area contributed by atoms with Gasteiger partial charge in [-0.15, -0.1) is 0 Å². The highest BCUT2D eigenvalue weighted by Gasteiger charge is 2.40. The van der Waals surface area contributed by atoms with E-state index >= 15 is 0 Å². The van der Waals surface area contributed by atoms with E-state index in [1.54, 1.807) is 6.20 Å². The molecule has 170 valence electrons.